The van der Waals surface area contributed by atoms with Crippen molar-refractivity contribution in [2.75, 3.05) is 7.11 Å². The van der Waals surface area contributed by atoms with Crippen LogP contribution in [0.1, 0.15) is 32.1 Å². The van der Waals surface area contributed by atoms with Crippen LogP contribution in [0.4, 0.5) is 0 Å². The molecule has 4 rings (SSSR count). The van der Waals surface area contributed by atoms with Crippen molar-refractivity contribution < 1.29 is 9.53 Å². The summed E-state index contributed by atoms with van der Waals surface area (Å²) in [6, 6.07) is 0. The van der Waals surface area contributed by atoms with Gasteiger partial charge in [0.05, 0.1) is 13.0 Å². The number of nitrogens with two attached hydrogens (primary N) is 1. The molecule has 2 N–H and O–H groups in total. The number of hydrogen-bond donors (Lipinski definition) is 1. The Morgan fingerprint density at radius 3 is 2.33 bits per heavy atom. The van der Waals surface area contributed by atoms with E-state index in [-0.39, 0.29) is 17.4 Å². The lowest BCUT2D eigenvalue weighted by Crippen LogP contribution is -2.64. The van der Waals surface area contributed by atoms with Gasteiger partial charge in [-0.25, -0.2) is 0 Å². The van der Waals surface area contributed by atoms with Gasteiger partial charge in [0.25, 0.3) is 0 Å². The first-order valence-electron chi connectivity index (χ1n) is 5.99. The number of rotatable bonds is 1. The summed E-state index contributed by atoms with van der Waals surface area (Å²) >= 11 is 0. The first-order chi connectivity index (χ1) is 7.12. The molecular weight excluding hydrogens is 190 g/mol. The maximum absolute atomic E-state index is 11.8. The van der Waals surface area contributed by atoms with Crippen LogP contribution in [-0.2, 0) is 9.53 Å². The third kappa shape index (κ3) is 1.25. The minimum Gasteiger partial charge on any atom is -0.469 e. The number of methoxy groups -OCH3 is 1. The van der Waals surface area contributed by atoms with Crippen molar-refractivity contribution in [3.63, 3.8) is 0 Å². The molecular formula is C12H19NO2. The summed E-state index contributed by atoms with van der Waals surface area (Å²) in [5, 5.41) is 0. The molecule has 3 atom stereocenters. The van der Waals surface area contributed by atoms with Crippen molar-refractivity contribution >= 4 is 5.97 Å². The van der Waals surface area contributed by atoms with Gasteiger partial charge in [0.1, 0.15) is 0 Å². The van der Waals surface area contributed by atoms with Crippen LogP contribution in [0.3, 0.4) is 0 Å². The van der Waals surface area contributed by atoms with Gasteiger partial charge in [0.2, 0.25) is 0 Å². The van der Waals surface area contributed by atoms with Gasteiger partial charge in [0, 0.05) is 5.54 Å². The average molecular weight is 209 g/mol. The number of ether oxygens (including phenoxy) is 1. The monoisotopic (exact) mass is 209 g/mol. The molecule has 4 saturated carbocycles. The van der Waals surface area contributed by atoms with E-state index in [9.17, 15) is 4.79 Å². The van der Waals surface area contributed by atoms with Gasteiger partial charge in [-0.1, -0.05) is 0 Å². The van der Waals surface area contributed by atoms with Crippen molar-refractivity contribution in [1.29, 1.82) is 0 Å². The molecule has 0 heterocycles. The van der Waals surface area contributed by atoms with Crippen LogP contribution in [-0.4, -0.2) is 18.6 Å². The summed E-state index contributed by atoms with van der Waals surface area (Å²) in [5.74, 6) is 1.99. The standard InChI is InChI=1S/C12H19NO2/c1-15-11(14)10-9-3-7-2-8(4-9)6-12(10,13)5-7/h7-10H,2-6,13H2,1H3. The molecule has 4 fully saturated rings. The van der Waals surface area contributed by atoms with Crippen LogP contribution < -0.4 is 5.73 Å². The van der Waals surface area contributed by atoms with E-state index in [1.165, 1.54) is 26.4 Å². The van der Waals surface area contributed by atoms with Crippen molar-refractivity contribution in [2.24, 2.45) is 29.4 Å². The molecule has 0 aromatic heterocycles. The minimum absolute atomic E-state index is 0.0182. The predicted molar refractivity (Wildman–Crippen MR) is 56.0 cm³/mol. The summed E-state index contributed by atoms with van der Waals surface area (Å²) in [6.07, 6.45) is 5.84. The van der Waals surface area contributed by atoms with Gasteiger partial charge in [0.15, 0.2) is 0 Å². The van der Waals surface area contributed by atoms with Gasteiger partial charge in [-0.15, -0.1) is 0 Å². The van der Waals surface area contributed by atoms with E-state index < -0.39 is 0 Å². The van der Waals surface area contributed by atoms with E-state index >= 15 is 0 Å². The quantitative estimate of drug-likeness (QED) is 0.662. The lowest BCUT2D eigenvalue weighted by molar-refractivity contribution is -0.161. The molecule has 15 heavy (non-hydrogen) atoms. The van der Waals surface area contributed by atoms with Crippen LogP contribution >= 0.6 is 0 Å². The first-order valence-corrected chi connectivity index (χ1v) is 5.99. The Balaban J connectivity index is 1.93. The molecule has 0 aliphatic heterocycles. The summed E-state index contributed by atoms with van der Waals surface area (Å²) in [5.41, 5.74) is 6.21. The van der Waals surface area contributed by atoms with Gasteiger partial charge < -0.3 is 10.5 Å². The number of carbonyl (C=O) groups excluding carboxylic acids is 1. The fourth-order valence-electron chi connectivity index (χ4n) is 4.66. The van der Waals surface area contributed by atoms with Crippen molar-refractivity contribution in [3.05, 3.63) is 0 Å². The molecule has 0 saturated heterocycles. The van der Waals surface area contributed by atoms with Gasteiger partial charge in [-0.05, 0) is 49.9 Å². The zero-order valence-corrected chi connectivity index (χ0v) is 9.24. The summed E-state index contributed by atoms with van der Waals surface area (Å²) < 4.78 is 4.92. The van der Waals surface area contributed by atoms with Crippen LogP contribution in [0.5, 0.6) is 0 Å². The molecule has 0 aromatic rings. The van der Waals surface area contributed by atoms with Crippen molar-refractivity contribution in [3.8, 4) is 0 Å². The third-order valence-corrected chi connectivity index (χ3v) is 4.82. The topological polar surface area (TPSA) is 52.3 Å². The minimum atomic E-state index is -0.234. The zero-order chi connectivity index (χ0) is 10.6. The van der Waals surface area contributed by atoms with E-state index in [0.29, 0.717) is 5.92 Å². The number of hydrogen-bond acceptors (Lipinski definition) is 3. The van der Waals surface area contributed by atoms with E-state index in [1.54, 1.807) is 0 Å². The van der Waals surface area contributed by atoms with Crippen LogP contribution in [0, 0.1) is 23.7 Å². The van der Waals surface area contributed by atoms with E-state index in [4.69, 9.17) is 10.5 Å². The van der Waals surface area contributed by atoms with Crippen LogP contribution in [0.15, 0.2) is 0 Å². The third-order valence-electron chi connectivity index (χ3n) is 4.82. The highest BCUT2D eigenvalue weighted by molar-refractivity contribution is 5.75. The van der Waals surface area contributed by atoms with Crippen molar-refractivity contribution in [2.45, 2.75) is 37.6 Å². The molecule has 4 bridgehead atoms. The Labute approximate surface area is 90.4 Å². The Hall–Kier alpha value is -0.570. The second-order valence-corrected chi connectivity index (χ2v) is 5.84. The van der Waals surface area contributed by atoms with Gasteiger partial charge >= 0.3 is 5.97 Å². The molecule has 84 valence electrons. The van der Waals surface area contributed by atoms with Crippen LogP contribution in [0.2, 0.25) is 0 Å². The average Bonchev–Trinajstić information content (AvgIpc) is 2.14. The molecule has 0 radical (unpaired) electrons. The molecule has 3 heteroatoms. The SMILES string of the molecule is COC(=O)C1C2CC3CC(C2)CC1(N)C3. The molecule has 3 nitrogen and oxygen atoms in total. The maximum Gasteiger partial charge on any atom is 0.310 e. The normalized spacial score (nSPS) is 51.9. The highest BCUT2D eigenvalue weighted by atomic mass is 16.5. The zero-order valence-electron chi connectivity index (χ0n) is 9.24. The summed E-state index contributed by atoms with van der Waals surface area (Å²) in [4.78, 5) is 11.8. The van der Waals surface area contributed by atoms with Gasteiger partial charge in [-0.2, -0.15) is 0 Å². The Morgan fingerprint density at radius 2 is 1.87 bits per heavy atom. The molecule has 0 amide bonds. The van der Waals surface area contributed by atoms with E-state index in [0.717, 1.165) is 24.7 Å². The van der Waals surface area contributed by atoms with Gasteiger partial charge in [-0.3, -0.25) is 4.79 Å². The predicted octanol–water partition coefficient (Wildman–Crippen LogP) is 1.31. The number of esters is 1. The molecule has 3 unspecified atom stereocenters. The Morgan fingerprint density at radius 1 is 1.27 bits per heavy atom. The lowest BCUT2D eigenvalue weighted by Gasteiger charge is -2.58. The fraction of sp³-hybridized carbons (Fsp3) is 0.917. The second kappa shape index (κ2) is 2.97. The molecule has 4 aliphatic rings. The highest BCUT2D eigenvalue weighted by Gasteiger charge is 2.58. The molecule has 4 aliphatic carbocycles. The van der Waals surface area contributed by atoms with E-state index in [2.05, 4.69) is 0 Å². The maximum atomic E-state index is 11.8. The summed E-state index contributed by atoms with van der Waals surface area (Å²) in [6.45, 7) is 0. The summed E-state index contributed by atoms with van der Waals surface area (Å²) in [7, 11) is 1.48. The smallest absolute Gasteiger partial charge is 0.310 e. The lowest BCUT2D eigenvalue weighted by atomic mass is 9.48. The highest BCUT2D eigenvalue weighted by Crippen LogP contribution is 2.57. The fourth-order valence-corrected chi connectivity index (χ4v) is 4.66. The largest absolute Gasteiger partial charge is 0.469 e. The second-order valence-electron chi connectivity index (χ2n) is 5.84. The molecule has 0 aromatic carbocycles. The number of carbonyl (C=O) groups is 1. The molecule has 0 spiro atoms. The van der Waals surface area contributed by atoms with Crippen molar-refractivity contribution in [1.82, 2.24) is 0 Å². The Kier molecular flexibility index (Phi) is 1.91. The Bertz CT molecular complexity index is 288. The van der Waals surface area contributed by atoms with Crippen LogP contribution in [0.25, 0.3) is 0 Å². The first kappa shape index (κ1) is 9.64. The van der Waals surface area contributed by atoms with E-state index in [1.807, 2.05) is 0 Å².